The van der Waals surface area contributed by atoms with Gasteiger partial charge >= 0.3 is 0 Å². The maximum Gasteiger partial charge on any atom is 0.269 e. The van der Waals surface area contributed by atoms with Gasteiger partial charge in [0.1, 0.15) is 5.82 Å². The predicted octanol–water partition coefficient (Wildman–Crippen LogP) is -0.292. The van der Waals surface area contributed by atoms with Crippen molar-refractivity contribution in [2.45, 2.75) is 13.0 Å². The van der Waals surface area contributed by atoms with Crippen LogP contribution in [0, 0.1) is 0 Å². The fourth-order valence-electron chi connectivity index (χ4n) is 2.01. The van der Waals surface area contributed by atoms with Crippen LogP contribution in [0.5, 0.6) is 0 Å². The second kappa shape index (κ2) is 6.44. The normalized spacial score (nSPS) is 17.9. The van der Waals surface area contributed by atoms with Crippen molar-refractivity contribution >= 4 is 11.7 Å². The Hall–Kier alpha value is -1.73. The maximum atomic E-state index is 10.9. The number of primary amides is 1. The molecule has 7 nitrogen and oxygen atoms in total. The lowest BCUT2D eigenvalue weighted by molar-refractivity contribution is 0.0368. The second-order valence-corrected chi connectivity index (χ2v) is 4.63. The van der Waals surface area contributed by atoms with E-state index in [9.17, 15) is 4.79 Å². The molecule has 1 unspecified atom stereocenters. The van der Waals surface area contributed by atoms with E-state index in [0.29, 0.717) is 5.82 Å². The molecule has 2 rings (SSSR count). The van der Waals surface area contributed by atoms with Gasteiger partial charge < -0.3 is 15.8 Å². The highest BCUT2D eigenvalue weighted by Crippen LogP contribution is 2.06. The van der Waals surface area contributed by atoms with E-state index in [1.54, 1.807) is 12.1 Å². The Balaban J connectivity index is 1.83. The Morgan fingerprint density at radius 1 is 1.47 bits per heavy atom. The first-order valence-corrected chi connectivity index (χ1v) is 6.35. The number of carbonyl (C=O) groups excluding carboxylic acids is 1. The van der Waals surface area contributed by atoms with Gasteiger partial charge in [-0.15, -0.1) is 10.2 Å². The zero-order valence-corrected chi connectivity index (χ0v) is 11.0. The first kappa shape index (κ1) is 13.7. The molecule has 1 aliphatic rings. The number of carbonyl (C=O) groups is 1. The van der Waals surface area contributed by atoms with Crippen LogP contribution in [0.25, 0.3) is 0 Å². The molecule has 104 valence electrons. The summed E-state index contributed by atoms with van der Waals surface area (Å²) in [6.45, 7) is 6.50. The van der Waals surface area contributed by atoms with Crippen LogP contribution in [0.3, 0.4) is 0 Å². The molecule has 2 heterocycles. The van der Waals surface area contributed by atoms with E-state index < -0.39 is 5.91 Å². The third-order valence-corrected chi connectivity index (χ3v) is 2.95. The van der Waals surface area contributed by atoms with Crippen molar-refractivity contribution in [2.24, 2.45) is 5.73 Å². The average Bonchev–Trinajstić information content (AvgIpc) is 2.40. The Labute approximate surface area is 112 Å². The summed E-state index contributed by atoms with van der Waals surface area (Å²) in [5.41, 5.74) is 5.28. The number of nitrogens with one attached hydrogen (secondary N) is 1. The number of hydrogen-bond acceptors (Lipinski definition) is 6. The monoisotopic (exact) mass is 265 g/mol. The van der Waals surface area contributed by atoms with Crippen LogP contribution in [0.4, 0.5) is 5.82 Å². The van der Waals surface area contributed by atoms with Crippen molar-refractivity contribution in [3.05, 3.63) is 17.8 Å². The van der Waals surface area contributed by atoms with Gasteiger partial charge in [-0.25, -0.2) is 0 Å². The maximum absolute atomic E-state index is 10.9. The van der Waals surface area contributed by atoms with Crippen LogP contribution < -0.4 is 11.1 Å². The van der Waals surface area contributed by atoms with E-state index in [0.717, 1.165) is 32.8 Å². The summed E-state index contributed by atoms with van der Waals surface area (Å²) in [6, 6.07) is 3.52. The zero-order chi connectivity index (χ0) is 13.7. The molecular formula is C12H19N5O2. The highest BCUT2D eigenvalue weighted by molar-refractivity contribution is 5.90. The molecule has 0 spiro atoms. The minimum absolute atomic E-state index is 0.173. The predicted molar refractivity (Wildman–Crippen MR) is 70.9 cm³/mol. The van der Waals surface area contributed by atoms with Crippen LogP contribution in [-0.4, -0.2) is 59.9 Å². The van der Waals surface area contributed by atoms with E-state index in [1.165, 1.54) is 0 Å². The first-order chi connectivity index (χ1) is 9.15. The molecule has 0 bridgehead atoms. The smallest absolute Gasteiger partial charge is 0.269 e. The number of anilines is 1. The highest BCUT2D eigenvalue weighted by Gasteiger charge is 2.14. The topological polar surface area (TPSA) is 93.4 Å². The molecule has 3 N–H and O–H groups in total. The Morgan fingerprint density at radius 2 is 2.21 bits per heavy atom. The van der Waals surface area contributed by atoms with Crippen LogP contribution in [0.2, 0.25) is 0 Å². The van der Waals surface area contributed by atoms with Crippen molar-refractivity contribution < 1.29 is 9.53 Å². The molecule has 19 heavy (non-hydrogen) atoms. The summed E-state index contributed by atoms with van der Waals surface area (Å²) in [6.07, 6.45) is 0. The van der Waals surface area contributed by atoms with Crippen LogP contribution in [0.15, 0.2) is 12.1 Å². The van der Waals surface area contributed by atoms with E-state index in [1.807, 2.05) is 0 Å². The lowest BCUT2D eigenvalue weighted by atomic mass is 10.3. The van der Waals surface area contributed by atoms with Crippen molar-refractivity contribution in [1.82, 2.24) is 15.1 Å². The molecule has 1 aliphatic heterocycles. The summed E-state index contributed by atoms with van der Waals surface area (Å²) in [5, 5.41) is 10.9. The summed E-state index contributed by atoms with van der Waals surface area (Å²) in [5.74, 6) is 0.0752. The number of aromatic nitrogens is 2. The number of nitrogens with zero attached hydrogens (tertiary/aromatic N) is 3. The molecule has 1 aromatic rings. The summed E-state index contributed by atoms with van der Waals surface area (Å²) >= 11 is 0. The number of amides is 1. The van der Waals surface area contributed by atoms with Crippen molar-refractivity contribution in [2.75, 3.05) is 38.2 Å². The van der Waals surface area contributed by atoms with Gasteiger partial charge in [-0.2, -0.15) is 0 Å². The minimum atomic E-state index is -0.569. The lowest BCUT2D eigenvalue weighted by Gasteiger charge is -2.29. The third-order valence-electron chi connectivity index (χ3n) is 2.95. The molecule has 0 aliphatic carbocycles. The van der Waals surface area contributed by atoms with Crippen molar-refractivity contribution in [3.8, 4) is 0 Å². The lowest BCUT2D eigenvalue weighted by Crippen LogP contribution is -2.42. The van der Waals surface area contributed by atoms with Gasteiger partial charge in [0.15, 0.2) is 5.69 Å². The highest BCUT2D eigenvalue weighted by atomic mass is 16.5. The summed E-state index contributed by atoms with van der Waals surface area (Å²) < 4.78 is 5.31. The van der Waals surface area contributed by atoms with Gasteiger partial charge in [-0.3, -0.25) is 9.69 Å². The van der Waals surface area contributed by atoms with Gasteiger partial charge in [-0.1, -0.05) is 0 Å². The van der Waals surface area contributed by atoms with Crippen molar-refractivity contribution in [3.63, 3.8) is 0 Å². The molecular weight excluding hydrogens is 246 g/mol. The van der Waals surface area contributed by atoms with E-state index in [2.05, 4.69) is 27.3 Å². The zero-order valence-electron chi connectivity index (χ0n) is 11.0. The number of hydrogen-bond donors (Lipinski definition) is 2. The quantitative estimate of drug-likeness (QED) is 0.760. The molecule has 1 fully saturated rings. The fraction of sp³-hybridized carbons (Fsp3) is 0.583. The fourth-order valence-corrected chi connectivity index (χ4v) is 2.01. The Kier molecular flexibility index (Phi) is 4.64. The average molecular weight is 265 g/mol. The third kappa shape index (κ3) is 4.15. The minimum Gasteiger partial charge on any atom is -0.379 e. The van der Waals surface area contributed by atoms with E-state index in [-0.39, 0.29) is 11.7 Å². The molecule has 1 aromatic heterocycles. The largest absolute Gasteiger partial charge is 0.379 e. The number of nitrogens with two attached hydrogens (primary N) is 1. The molecule has 1 saturated heterocycles. The standard InChI is InChI=1S/C12H19N5O2/c1-9(8-17-4-6-19-7-5-17)14-11-3-2-10(12(13)18)15-16-11/h2-3,9H,4-8H2,1H3,(H2,13,18)(H,14,16). The molecule has 0 saturated carbocycles. The van der Waals surface area contributed by atoms with Gasteiger partial charge in [0.2, 0.25) is 0 Å². The number of ether oxygens (including phenoxy) is 1. The molecule has 7 heteroatoms. The van der Waals surface area contributed by atoms with Crippen LogP contribution >= 0.6 is 0 Å². The van der Waals surface area contributed by atoms with Gasteiger partial charge in [0.05, 0.1) is 13.2 Å². The number of rotatable bonds is 5. The van der Waals surface area contributed by atoms with Gasteiger partial charge in [-0.05, 0) is 19.1 Å². The van der Waals surface area contributed by atoms with Crippen molar-refractivity contribution in [1.29, 1.82) is 0 Å². The van der Waals surface area contributed by atoms with Gasteiger partial charge in [0, 0.05) is 25.7 Å². The Morgan fingerprint density at radius 3 is 2.79 bits per heavy atom. The van der Waals surface area contributed by atoms with E-state index in [4.69, 9.17) is 10.5 Å². The van der Waals surface area contributed by atoms with Crippen LogP contribution in [0.1, 0.15) is 17.4 Å². The van der Waals surface area contributed by atoms with Crippen LogP contribution in [-0.2, 0) is 4.74 Å². The second-order valence-electron chi connectivity index (χ2n) is 4.63. The van der Waals surface area contributed by atoms with E-state index >= 15 is 0 Å². The molecule has 0 radical (unpaired) electrons. The first-order valence-electron chi connectivity index (χ1n) is 6.35. The number of morpholine rings is 1. The van der Waals surface area contributed by atoms with Gasteiger partial charge in [0.25, 0.3) is 5.91 Å². The Bertz CT molecular complexity index is 417. The summed E-state index contributed by atoms with van der Waals surface area (Å²) in [4.78, 5) is 13.2. The molecule has 1 amide bonds. The molecule has 0 aromatic carbocycles. The summed E-state index contributed by atoms with van der Waals surface area (Å²) in [7, 11) is 0. The SMILES string of the molecule is CC(CN1CCOCC1)Nc1ccc(C(N)=O)nn1. The molecule has 1 atom stereocenters.